The number of fused-ring (bicyclic) bond motifs is 7. The number of rotatable bonds is 5. The van der Waals surface area contributed by atoms with Gasteiger partial charge in [0.2, 0.25) is 0 Å². The van der Waals surface area contributed by atoms with E-state index in [9.17, 15) is 5.26 Å². The zero-order chi connectivity index (χ0) is 34.6. The SMILES string of the molecule is N#Cc1ccccc1-c1nc(-c2ccccc2)nc(-c2ccccc2-n2c3ncccc3c3ccc4c(c5ccccc5n4-c4ccccc4)c32)n1. The third kappa shape index (κ3) is 4.52. The highest BCUT2D eigenvalue weighted by atomic mass is 15.1. The summed E-state index contributed by atoms with van der Waals surface area (Å²) in [6.45, 7) is 0. The number of para-hydroxylation sites is 3. The molecule has 0 radical (unpaired) electrons. The van der Waals surface area contributed by atoms with E-state index < -0.39 is 0 Å². The maximum absolute atomic E-state index is 10.0. The first kappa shape index (κ1) is 29.5. The smallest absolute Gasteiger partial charge is 0.166 e. The molecule has 0 atom stereocenters. The van der Waals surface area contributed by atoms with Crippen molar-refractivity contribution >= 4 is 43.7 Å². The van der Waals surface area contributed by atoms with Crippen LogP contribution >= 0.6 is 0 Å². The van der Waals surface area contributed by atoms with Crippen LogP contribution in [0.2, 0.25) is 0 Å². The Bertz CT molecular complexity index is 3030. The molecule has 10 aromatic rings. The quantitative estimate of drug-likeness (QED) is 0.183. The summed E-state index contributed by atoms with van der Waals surface area (Å²) in [6, 6.07) is 55.5. The number of hydrogen-bond donors (Lipinski definition) is 0. The molecule has 10 rings (SSSR count). The number of nitrogens with zero attached hydrogens (tertiary/aromatic N) is 7. The van der Waals surface area contributed by atoms with Crippen molar-refractivity contribution in [3.63, 3.8) is 0 Å². The van der Waals surface area contributed by atoms with E-state index >= 15 is 0 Å². The van der Waals surface area contributed by atoms with E-state index in [-0.39, 0.29) is 0 Å². The van der Waals surface area contributed by atoms with Crippen LogP contribution in [0.3, 0.4) is 0 Å². The van der Waals surface area contributed by atoms with Gasteiger partial charge in [-0.25, -0.2) is 19.9 Å². The summed E-state index contributed by atoms with van der Waals surface area (Å²) in [5, 5.41) is 14.5. The van der Waals surface area contributed by atoms with Gasteiger partial charge in [0, 0.05) is 50.1 Å². The van der Waals surface area contributed by atoms with Crippen molar-refractivity contribution in [1.82, 2.24) is 29.1 Å². The van der Waals surface area contributed by atoms with E-state index in [1.54, 1.807) is 6.07 Å². The van der Waals surface area contributed by atoms with Crippen molar-refractivity contribution in [1.29, 1.82) is 5.26 Å². The van der Waals surface area contributed by atoms with Crippen molar-refractivity contribution in [2.24, 2.45) is 0 Å². The molecule has 0 amide bonds. The van der Waals surface area contributed by atoms with E-state index in [1.165, 1.54) is 0 Å². The number of aromatic nitrogens is 6. The fraction of sp³-hybridized carbons (Fsp3) is 0. The Kier molecular flexibility index (Phi) is 6.73. The predicted molar refractivity (Wildman–Crippen MR) is 207 cm³/mol. The summed E-state index contributed by atoms with van der Waals surface area (Å²) in [6.07, 6.45) is 1.85. The maximum atomic E-state index is 10.0. The number of pyridine rings is 1. The Morgan fingerprint density at radius 2 is 1.13 bits per heavy atom. The lowest BCUT2D eigenvalue weighted by atomic mass is 10.1. The van der Waals surface area contributed by atoms with Gasteiger partial charge in [0.15, 0.2) is 17.5 Å². The molecule has 0 fully saturated rings. The van der Waals surface area contributed by atoms with Gasteiger partial charge in [-0.15, -0.1) is 0 Å². The van der Waals surface area contributed by atoms with Crippen LogP contribution in [0.25, 0.3) is 89.3 Å². The Hall–Kier alpha value is -7.43. The lowest BCUT2D eigenvalue weighted by Crippen LogP contribution is -2.04. The number of hydrogen-bond acceptors (Lipinski definition) is 5. The van der Waals surface area contributed by atoms with Gasteiger partial charge in [-0.05, 0) is 60.7 Å². The molecule has 0 saturated carbocycles. The average molecular weight is 666 g/mol. The van der Waals surface area contributed by atoms with E-state index in [2.05, 4.69) is 88.0 Å². The molecule has 6 aromatic carbocycles. The van der Waals surface area contributed by atoms with Gasteiger partial charge in [-0.2, -0.15) is 5.26 Å². The molecule has 0 N–H and O–H groups in total. The molecule has 0 saturated heterocycles. The van der Waals surface area contributed by atoms with E-state index in [4.69, 9.17) is 19.9 Å². The molecule has 0 bridgehead atoms. The highest BCUT2D eigenvalue weighted by Gasteiger charge is 2.24. The Morgan fingerprint density at radius 3 is 1.96 bits per heavy atom. The molecule has 4 heterocycles. The standard InChI is InChI=1S/C45H27N7/c46-28-30-16-7-8-19-32(30)43-48-42(29-14-3-1-4-15-29)49-44(50-43)36-21-10-12-24-38(36)52-41-33(34-22-13-27-47-45(34)52)25-26-39-40(41)35-20-9-11-23-37(35)51(39)31-17-5-2-6-18-31/h1-27H. The van der Waals surface area contributed by atoms with Crippen LogP contribution in [-0.2, 0) is 0 Å². The van der Waals surface area contributed by atoms with E-state index in [0.29, 0.717) is 28.6 Å². The predicted octanol–water partition coefficient (Wildman–Crippen LogP) is 10.3. The van der Waals surface area contributed by atoms with Crippen molar-refractivity contribution in [2.75, 3.05) is 0 Å². The van der Waals surface area contributed by atoms with E-state index in [1.807, 2.05) is 85.1 Å². The Labute approximate surface area is 298 Å². The second kappa shape index (κ2) is 11.9. The van der Waals surface area contributed by atoms with Gasteiger partial charge in [0.25, 0.3) is 0 Å². The van der Waals surface area contributed by atoms with Crippen LogP contribution in [0.15, 0.2) is 164 Å². The summed E-state index contributed by atoms with van der Waals surface area (Å²) in [4.78, 5) is 20.1. The molecule has 7 nitrogen and oxygen atoms in total. The lowest BCUT2D eigenvalue weighted by Gasteiger charge is -2.15. The van der Waals surface area contributed by atoms with Gasteiger partial charge in [0.1, 0.15) is 5.65 Å². The first-order valence-corrected chi connectivity index (χ1v) is 17.1. The molecule has 4 aromatic heterocycles. The summed E-state index contributed by atoms with van der Waals surface area (Å²) in [7, 11) is 0. The molecule has 0 spiro atoms. The minimum atomic E-state index is 0.435. The van der Waals surface area contributed by atoms with Crippen LogP contribution in [0.5, 0.6) is 0 Å². The van der Waals surface area contributed by atoms with Gasteiger partial charge >= 0.3 is 0 Å². The summed E-state index contributed by atoms with van der Waals surface area (Å²) >= 11 is 0. The molecule has 0 aliphatic rings. The number of benzene rings is 6. The normalized spacial score (nSPS) is 11.4. The minimum Gasteiger partial charge on any atom is -0.309 e. The summed E-state index contributed by atoms with van der Waals surface area (Å²) in [5.41, 5.74) is 8.90. The second-order valence-electron chi connectivity index (χ2n) is 12.6. The highest BCUT2D eigenvalue weighted by Crippen LogP contribution is 2.42. The van der Waals surface area contributed by atoms with Crippen LogP contribution in [0, 0.1) is 11.3 Å². The minimum absolute atomic E-state index is 0.435. The highest BCUT2D eigenvalue weighted by molar-refractivity contribution is 6.26. The monoisotopic (exact) mass is 665 g/mol. The van der Waals surface area contributed by atoms with Crippen LogP contribution in [0.1, 0.15) is 5.56 Å². The van der Waals surface area contributed by atoms with Crippen molar-refractivity contribution in [3.8, 4) is 51.6 Å². The largest absolute Gasteiger partial charge is 0.309 e. The maximum Gasteiger partial charge on any atom is 0.166 e. The third-order valence-corrected chi connectivity index (χ3v) is 9.68. The Morgan fingerprint density at radius 1 is 0.481 bits per heavy atom. The molecule has 0 aliphatic heterocycles. The first-order chi connectivity index (χ1) is 25.8. The van der Waals surface area contributed by atoms with Crippen molar-refractivity contribution in [3.05, 3.63) is 169 Å². The zero-order valence-corrected chi connectivity index (χ0v) is 27.7. The molecular formula is C45H27N7. The molecule has 242 valence electrons. The fourth-order valence-electron chi connectivity index (χ4n) is 7.44. The Balaban J connectivity index is 1.32. The van der Waals surface area contributed by atoms with Crippen molar-refractivity contribution < 1.29 is 0 Å². The second-order valence-corrected chi connectivity index (χ2v) is 12.6. The van der Waals surface area contributed by atoms with Gasteiger partial charge in [-0.1, -0.05) is 97.1 Å². The molecule has 52 heavy (non-hydrogen) atoms. The molecule has 0 unspecified atom stereocenters. The number of nitriles is 1. The van der Waals surface area contributed by atoms with Crippen LogP contribution in [-0.4, -0.2) is 29.1 Å². The molecular weight excluding hydrogens is 639 g/mol. The van der Waals surface area contributed by atoms with Gasteiger partial charge in [0.05, 0.1) is 33.9 Å². The van der Waals surface area contributed by atoms with Crippen LogP contribution < -0.4 is 0 Å². The summed E-state index contributed by atoms with van der Waals surface area (Å²) in [5.74, 6) is 1.46. The van der Waals surface area contributed by atoms with Gasteiger partial charge < -0.3 is 4.57 Å². The third-order valence-electron chi connectivity index (χ3n) is 9.68. The van der Waals surface area contributed by atoms with Gasteiger partial charge in [-0.3, -0.25) is 4.57 Å². The molecule has 7 heteroatoms. The van der Waals surface area contributed by atoms with E-state index in [0.717, 1.165) is 66.2 Å². The van der Waals surface area contributed by atoms with Crippen molar-refractivity contribution in [2.45, 2.75) is 0 Å². The topological polar surface area (TPSA) is 85.2 Å². The first-order valence-electron chi connectivity index (χ1n) is 17.1. The zero-order valence-electron chi connectivity index (χ0n) is 27.7. The fourth-order valence-corrected chi connectivity index (χ4v) is 7.44. The average Bonchev–Trinajstić information content (AvgIpc) is 3.74. The molecule has 0 aliphatic carbocycles. The van der Waals surface area contributed by atoms with Crippen LogP contribution in [0.4, 0.5) is 0 Å². The lowest BCUT2D eigenvalue weighted by molar-refractivity contribution is 1.06. The summed E-state index contributed by atoms with van der Waals surface area (Å²) < 4.78 is 4.60.